The van der Waals surface area contributed by atoms with Crippen LogP contribution in [0.5, 0.6) is 0 Å². The molecule has 3 aromatic rings. The van der Waals surface area contributed by atoms with Crippen molar-refractivity contribution in [3.8, 4) is 0 Å². The van der Waals surface area contributed by atoms with E-state index in [1.807, 2.05) is 10.6 Å². The van der Waals surface area contributed by atoms with Crippen LogP contribution in [0.2, 0.25) is 0 Å². The number of nitrogens with two attached hydrogens (primary N) is 1. The summed E-state index contributed by atoms with van der Waals surface area (Å²) >= 11 is 0. The van der Waals surface area contributed by atoms with E-state index in [1.54, 1.807) is 12.4 Å². The van der Waals surface area contributed by atoms with Crippen LogP contribution >= 0.6 is 0 Å². The maximum Gasteiger partial charge on any atom is 0.180 e. The molecule has 5 heteroatoms. The largest absolute Gasteiger partial charge is 0.382 e. The van der Waals surface area contributed by atoms with E-state index in [9.17, 15) is 0 Å². The Bertz CT molecular complexity index is 807. The lowest BCUT2D eigenvalue weighted by atomic mass is 9.94. The number of imidazole rings is 1. The lowest BCUT2D eigenvalue weighted by Crippen LogP contribution is -2.31. The Hall–Kier alpha value is -2.56. The van der Waals surface area contributed by atoms with Crippen molar-refractivity contribution >= 4 is 23.0 Å². The van der Waals surface area contributed by atoms with Crippen LogP contribution in [-0.2, 0) is 6.42 Å². The van der Waals surface area contributed by atoms with Gasteiger partial charge in [-0.2, -0.15) is 0 Å². The molecule has 4 rings (SSSR count). The first-order valence-electron chi connectivity index (χ1n) is 7.17. The predicted molar refractivity (Wildman–Crippen MR) is 83.7 cm³/mol. The van der Waals surface area contributed by atoms with Crippen molar-refractivity contribution in [2.24, 2.45) is 5.92 Å². The summed E-state index contributed by atoms with van der Waals surface area (Å²) in [6.07, 6.45) is 6.57. The van der Waals surface area contributed by atoms with Crippen molar-refractivity contribution in [1.29, 1.82) is 0 Å². The first-order chi connectivity index (χ1) is 10.2. The van der Waals surface area contributed by atoms with Gasteiger partial charge in [0, 0.05) is 24.6 Å². The van der Waals surface area contributed by atoms with Crippen molar-refractivity contribution in [1.82, 2.24) is 14.4 Å². The SMILES string of the molecule is CC1Cc2ccccc2N(c2nc(N)cn3ccnc23)C1. The Morgan fingerprint density at radius 3 is 3.05 bits per heavy atom. The van der Waals surface area contributed by atoms with Gasteiger partial charge in [0.25, 0.3) is 0 Å². The first-order valence-corrected chi connectivity index (χ1v) is 7.17. The standard InChI is InChI=1S/C16H17N5/c1-11-8-12-4-2-3-5-13(12)21(9-11)16-15-18-6-7-20(15)10-14(17)19-16/h2-7,10-11H,8-9,17H2,1H3. The highest BCUT2D eigenvalue weighted by Crippen LogP contribution is 2.36. The summed E-state index contributed by atoms with van der Waals surface area (Å²) in [5.74, 6) is 1.91. The Kier molecular flexibility index (Phi) is 2.60. The minimum absolute atomic E-state index is 0.506. The zero-order valence-electron chi connectivity index (χ0n) is 11.9. The molecule has 1 atom stereocenters. The molecule has 21 heavy (non-hydrogen) atoms. The average molecular weight is 279 g/mol. The normalized spacial score (nSPS) is 18.0. The number of aromatic nitrogens is 3. The van der Waals surface area contributed by atoms with Crippen LogP contribution in [-0.4, -0.2) is 20.9 Å². The monoisotopic (exact) mass is 279 g/mol. The molecule has 0 spiro atoms. The third kappa shape index (κ3) is 1.93. The minimum Gasteiger partial charge on any atom is -0.382 e. The molecule has 1 aromatic carbocycles. The van der Waals surface area contributed by atoms with Gasteiger partial charge in [0.05, 0.1) is 6.20 Å². The number of nitrogen functional groups attached to an aromatic ring is 1. The molecular formula is C16H17N5. The van der Waals surface area contributed by atoms with E-state index in [0.717, 1.165) is 24.4 Å². The van der Waals surface area contributed by atoms with Gasteiger partial charge in [0.15, 0.2) is 11.5 Å². The summed E-state index contributed by atoms with van der Waals surface area (Å²) in [6.45, 7) is 3.19. The smallest absolute Gasteiger partial charge is 0.180 e. The average Bonchev–Trinajstić information content (AvgIpc) is 2.93. The quantitative estimate of drug-likeness (QED) is 0.744. The number of hydrogen-bond acceptors (Lipinski definition) is 4. The Morgan fingerprint density at radius 1 is 1.29 bits per heavy atom. The molecule has 0 saturated carbocycles. The van der Waals surface area contributed by atoms with Crippen LogP contribution in [0.15, 0.2) is 42.9 Å². The molecule has 1 unspecified atom stereocenters. The minimum atomic E-state index is 0.506. The fraction of sp³-hybridized carbons (Fsp3) is 0.250. The Labute approximate surface area is 123 Å². The molecule has 3 heterocycles. The van der Waals surface area contributed by atoms with Crippen LogP contribution in [0.4, 0.5) is 17.3 Å². The summed E-state index contributed by atoms with van der Waals surface area (Å²) in [5.41, 5.74) is 9.36. The van der Waals surface area contributed by atoms with E-state index in [-0.39, 0.29) is 0 Å². The van der Waals surface area contributed by atoms with E-state index >= 15 is 0 Å². The van der Waals surface area contributed by atoms with E-state index in [4.69, 9.17) is 5.73 Å². The third-order valence-corrected chi connectivity index (χ3v) is 3.98. The molecule has 0 saturated heterocycles. The molecule has 1 aliphatic heterocycles. The zero-order chi connectivity index (χ0) is 14.4. The topological polar surface area (TPSA) is 59.5 Å². The third-order valence-electron chi connectivity index (χ3n) is 3.98. The van der Waals surface area contributed by atoms with Crippen LogP contribution in [0.1, 0.15) is 12.5 Å². The van der Waals surface area contributed by atoms with Gasteiger partial charge in [-0.05, 0) is 24.0 Å². The summed E-state index contributed by atoms with van der Waals surface area (Å²) in [6, 6.07) is 8.49. The van der Waals surface area contributed by atoms with E-state index in [2.05, 4.69) is 46.1 Å². The molecule has 0 radical (unpaired) electrons. The van der Waals surface area contributed by atoms with E-state index < -0.39 is 0 Å². The highest BCUT2D eigenvalue weighted by molar-refractivity contribution is 5.76. The fourth-order valence-electron chi connectivity index (χ4n) is 3.11. The summed E-state index contributed by atoms with van der Waals surface area (Å²) in [7, 11) is 0. The number of anilines is 3. The lowest BCUT2D eigenvalue weighted by molar-refractivity contribution is 0.560. The Morgan fingerprint density at radius 2 is 2.14 bits per heavy atom. The number of rotatable bonds is 1. The van der Waals surface area contributed by atoms with Gasteiger partial charge >= 0.3 is 0 Å². The van der Waals surface area contributed by atoms with Gasteiger partial charge in [0.1, 0.15) is 5.82 Å². The number of benzene rings is 1. The molecule has 5 nitrogen and oxygen atoms in total. The summed E-state index contributed by atoms with van der Waals surface area (Å²) in [4.78, 5) is 11.2. The van der Waals surface area contributed by atoms with Crippen LogP contribution in [0.25, 0.3) is 5.65 Å². The van der Waals surface area contributed by atoms with Crippen molar-refractivity contribution in [2.75, 3.05) is 17.2 Å². The molecule has 2 N–H and O–H groups in total. The molecule has 106 valence electrons. The summed E-state index contributed by atoms with van der Waals surface area (Å²) in [5, 5.41) is 0. The molecule has 1 aliphatic rings. The fourth-order valence-corrected chi connectivity index (χ4v) is 3.11. The number of hydrogen-bond donors (Lipinski definition) is 1. The molecular weight excluding hydrogens is 262 g/mol. The van der Waals surface area contributed by atoms with E-state index in [0.29, 0.717) is 11.7 Å². The predicted octanol–water partition coefficient (Wildman–Crippen LogP) is 2.64. The van der Waals surface area contributed by atoms with Crippen molar-refractivity contribution < 1.29 is 0 Å². The number of para-hydroxylation sites is 1. The molecule has 0 fully saturated rings. The van der Waals surface area contributed by atoms with Gasteiger partial charge in [-0.1, -0.05) is 25.1 Å². The van der Waals surface area contributed by atoms with Crippen LogP contribution < -0.4 is 10.6 Å². The van der Waals surface area contributed by atoms with Gasteiger partial charge in [0.2, 0.25) is 0 Å². The lowest BCUT2D eigenvalue weighted by Gasteiger charge is -2.34. The maximum absolute atomic E-state index is 5.96. The van der Waals surface area contributed by atoms with Gasteiger partial charge < -0.3 is 15.0 Å². The first kappa shape index (κ1) is 12.2. The van der Waals surface area contributed by atoms with Crippen molar-refractivity contribution in [3.05, 3.63) is 48.4 Å². The van der Waals surface area contributed by atoms with Crippen molar-refractivity contribution in [2.45, 2.75) is 13.3 Å². The maximum atomic E-state index is 5.96. The molecule has 0 bridgehead atoms. The van der Waals surface area contributed by atoms with Gasteiger partial charge in [-0.15, -0.1) is 0 Å². The number of nitrogens with zero attached hydrogens (tertiary/aromatic N) is 4. The highest BCUT2D eigenvalue weighted by Gasteiger charge is 2.25. The van der Waals surface area contributed by atoms with Crippen molar-refractivity contribution in [3.63, 3.8) is 0 Å². The second-order valence-electron chi connectivity index (χ2n) is 5.70. The van der Waals surface area contributed by atoms with E-state index in [1.165, 1.54) is 11.3 Å². The van der Waals surface area contributed by atoms with Gasteiger partial charge in [-0.3, -0.25) is 0 Å². The molecule has 2 aromatic heterocycles. The second kappa shape index (κ2) is 4.48. The van der Waals surface area contributed by atoms with Crippen LogP contribution in [0.3, 0.4) is 0 Å². The summed E-state index contributed by atoms with van der Waals surface area (Å²) < 4.78 is 1.93. The number of fused-ring (bicyclic) bond motifs is 2. The molecule has 0 amide bonds. The van der Waals surface area contributed by atoms with Crippen LogP contribution in [0, 0.1) is 5.92 Å². The second-order valence-corrected chi connectivity index (χ2v) is 5.70. The Balaban J connectivity index is 1.94. The van der Waals surface area contributed by atoms with Gasteiger partial charge in [-0.25, -0.2) is 9.97 Å². The highest BCUT2D eigenvalue weighted by atomic mass is 15.2. The zero-order valence-corrected chi connectivity index (χ0v) is 11.9. The molecule has 0 aliphatic carbocycles.